The Morgan fingerprint density at radius 2 is 1.81 bits per heavy atom. The van der Waals surface area contributed by atoms with Gasteiger partial charge < -0.3 is 14.8 Å². The minimum atomic E-state index is -0.316. The first-order valence-electron chi connectivity index (χ1n) is 9.30. The molecule has 0 aliphatic rings. The van der Waals surface area contributed by atoms with Crippen LogP contribution < -0.4 is 20.2 Å². The van der Waals surface area contributed by atoms with Crippen LogP contribution in [0.4, 0.5) is 5.69 Å². The van der Waals surface area contributed by atoms with Crippen LogP contribution in [0.5, 0.6) is 11.5 Å². The molecule has 158 valence electrons. The molecule has 0 unspecified atom stereocenters. The van der Waals surface area contributed by atoms with Crippen LogP contribution in [0.2, 0.25) is 0 Å². The normalized spacial score (nSPS) is 10.5. The molecule has 0 atom stereocenters. The number of para-hydroxylation sites is 2. The van der Waals surface area contributed by atoms with Crippen molar-refractivity contribution in [2.24, 2.45) is 5.10 Å². The van der Waals surface area contributed by atoms with E-state index >= 15 is 0 Å². The van der Waals surface area contributed by atoms with Crippen LogP contribution >= 0.6 is 15.9 Å². The maximum atomic E-state index is 12.2. The van der Waals surface area contributed by atoms with E-state index in [2.05, 4.69) is 31.8 Å². The summed E-state index contributed by atoms with van der Waals surface area (Å²) in [6, 6.07) is 21.1. The zero-order valence-corrected chi connectivity index (χ0v) is 18.3. The third-order valence-corrected chi connectivity index (χ3v) is 4.62. The quantitative estimate of drug-likeness (QED) is 0.372. The number of carbonyl (C=O) groups excluding carboxylic acids is 2. The monoisotopic (exact) mass is 481 g/mol. The zero-order valence-electron chi connectivity index (χ0n) is 16.7. The summed E-state index contributed by atoms with van der Waals surface area (Å²) in [5.41, 5.74) is 4.25. The van der Waals surface area contributed by atoms with Crippen molar-refractivity contribution < 1.29 is 19.1 Å². The van der Waals surface area contributed by atoms with Crippen LogP contribution in [0.1, 0.15) is 15.9 Å². The Bertz CT molecular complexity index is 1080. The van der Waals surface area contributed by atoms with E-state index in [4.69, 9.17) is 9.47 Å². The van der Waals surface area contributed by atoms with Crippen molar-refractivity contribution in [2.45, 2.75) is 0 Å². The van der Waals surface area contributed by atoms with Crippen LogP contribution in [0.15, 0.2) is 82.4 Å². The van der Waals surface area contributed by atoms with Gasteiger partial charge in [0, 0.05) is 10.0 Å². The Labute approximate surface area is 188 Å². The first kappa shape index (κ1) is 22.0. The molecule has 0 saturated heterocycles. The minimum absolute atomic E-state index is 0.168. The standard InChI is InChI=1S/C23H20BrN3O4/c1-30-21-8-3-2-7-20(21)26-22(28)15-31-19-6-4-5-16(13-19)14-25-27-23(29)17-9-11-18(24)12-10-17/h2-14H,15H2,1H3,(H,26,28)(H,27,29)/b25-14+. The highest BCUT2D eigenvalue weighted by Gasteiger charge is 2.08. The maximum Gasteiger partial charge on any atom is 0.271 e. The summed E-state index contributed by atoms with van der Waals surface area (Å²) < 4.78 is 11.7. The fourth-order valence-corrected chi connectivity index (χ4v) is 2.86. The molecule has 8 heteroatoms. The summed E-state index contributed by atoms with van der Waals surface area (Å²) >= 11 is 3.33. The van der Waals surface area contributed by atoms with E-state index in [1.165, 1.54) is 13.3 Å². The van der Waals surface area contributed by atoms with E-state index in [9.17, 15) is 9.59 Å². The van der Waals surface area contributed by atoms with Gasteiger partial charge in [-0.2, -0.15) is 5.10 Å². The van der Waals surface area contributed by atoms with Gasteiger partial charge in [-0.05, 0) is 54.1 Å². The lowest BCUT2D eigenvalue weighted by Gasteiger charge is -2.10. The second-order valence-corrected chi connectivity index (χ2v) is 7.23. The summed E-state index contributed by atoms with van der Waals surface area (Å²) in [6.07, 6.45) is 1.50. The molecule has 2 amide bonds. The first-order chi connectivity index (χ1) is 15.0. The Morgan fingerprint density at radius 1 is 1.03 bits per heavy atom. The van der Waals surface area contributed by atoms with E-state index in [0.717, 1.165) is 4.47 Å². The topological polar surface area (TPSA) is 89.0 Å². The van der Waals surface area contributed by atoms with Crippen LogP contribution in [0.3, 0.4) is 0 Å². The molecule has 0 aliphatic carbocycles. The molecular formula is C23H20BrN3O4. The first-order valence-corrected chi connectivity index (χ1v) is 10.1. The van der Waals surface area contributed by atoms with Gasteiger partial charge in [0.2, 0.25) is 0 Å². The molecule has 0 aromatic heterocycles. The lowest BCUT2D eigenvalue weighted by molar-refractivity contribution is -0.118. The van der Waals surface area contributed by atoms with Crippen LogP contribution in [0.25, 0.3) is 0 Å². The molecule has 31 heavy (non-hydrogen) atoms. The van der Waals surface area contributed by atoms with E-state index in [0.29, 0.717) is 28.3 Å². The van der Waals surface area contributed by atoms with Crippen molar-refractivity contribution >= 4 is 39.6 Å². The Hall–Kier alpha value is -3.65. The number of rotatable bonds is 8. The molecule has 0 radical (unpaired) electrons. The molecule has 3 rings (SSSR count). The van der Waals surface area contributed by atoms with Crippen molar-refractivity contribution in [3.63, 3.8) is 0 Å². The zero-order chi connectivity index (χ0) is 22.1. The predicted octanol–water partition coefficient (Wildman–Crippen LogP) is 4.24. The molecule has 0 aliphatic heterocycles. The number of carbonyl (C=O) groups is 2. The van der Waals surface area contributed by atoms with E-state index in [1.807, 2.05) is 6.07 Å². The van der Waals surface area contributed by atoms with Crippen molar-refractivity contribution in [1.29, 1.82) is 0 Å². The van der Waals surface area contributed by atoms with Gasteiger partial charge in [-0.15, -0.1) is 0 Å². The van der Waals surface area contributed by atoms with Gasteiger partial charge >= 0.3 is 0 Å². The number of hydrazone groups is 1. The third kappa shape index (κ3) is 6.68. The fourth-order valence-electron chi connectivity index (χ4n) is 2.60. The third-order valence-electron chi connectivity index (χ3n) is 4.10. The molecular weight excluding hydrogens is 462 g/mol. The van der Waals surface area contributed by atoms with E-state index < -0.39 is 0 Å². The Morgan fingerprint density at radius 3 is 2.58 bits per heavy atom. The van der Waals surface area contributed by atoms with Gasteiger partial charge in [-0.25, -0.2) is 5.43 Å². The number of anilines is 1. The molecule has 0 bridgehead atoms. The molecule has 2 N–H and O–H groups in total. The minimum Gasteiger partial charge on any atom is -0.495 e. The summed E-state index contributed by atoms with van der Waals surface area (Å²) in [6.45, 7) is -0.168. The highest BCUT2D eigenvalue weighted by atomic mass is 79.9. The van der Waals surface area contributed by atoms with Crippen molar-refractivity contribution in [3.05, 3.63) is 88.4 Å². The number of amides is 2. The summed E-state index contributed by atoms with van der Waals surface area (Å²) in [7, 11) is 1.54. The number of hydrogen-bond donors (Lipinski definition) is 2. The van der Waals surface area contributed by atoms with Gasteiger partial charge in [0.05, 0.1) is 19.0 Å². The van der Waals surface area contributed by atoms with Crippen molar-refractivity contribution in [3.8, 4) is 11.5 Å². The van der Waals surface area contributed by atoms with Crippen molar-refractivity contribution in [1.82, 2.24) is 5.43 Å². The SMILES string of the molecule is COc1ccccc1NC(=O)COc1cccc(/C=N/NC(=O)c2ccc(Br)cc2)c1. The number of benzene rings is 3. The molecule has 0 saturated carbocycles. The number of ether oxygens (including phenoxy) is 2. The van der Waals surface area contributed by atoms with Gasteiger partial charge in [0.1, 0.15) is 11.5 Å². The fraction of sp³-hybridized carbons (Fsp3) is 0.0870. The molecule has 3 aromatic rings. The lowest BCUT2D eigenvalue weighted by atomic mass is 10.2. The molecule has 7 nitrogen and oxygen atoms in total. The van der Waals surface area contributed by atoms with Gasteiger partial charge in [0.15, 0.2) is 6.61 Å². The molecule has 0 fully saturated rings. The number of nitrogens with one attached hydrogen (secondary N) is 2. The average molecular weight is 482 g/mol. The second-order valence-electron chi connectivity index (χ2n) is 6.32. The highest BCUT2D eigenvalue weighted by molar-refractivity contribution is 9.10. The Kier molecular flexibility index (Phi) is 7.78. The van der Waals surface area contributed by atoms with E-state index in [-0.39, 0.29) is 18.4 Å². The summed E-state index contributed by atoms with van der Waals surface area (Å²) in [5.74, 6) is 0.437. The maximum absolute atomic E-state index is 12.2. The number of hydrogen-bond acceptors (Lipinski definition) is 5. The van der Waals surface area contributed by atoms with Crippen LogP contribution in [-0.2, 0) is 4.79 Å². The predicted molar refractivity (Wildman–Crippen MR) is 123 cm³/mol. The summed E-state index contributed by atoms with van der Waals surface area (Å²) in [4.78, 5) is 24.2. The molecule has 0 spiro atoms. The van der Waals surface area contributed by atoms with E-state index in [1.54, 1.807) is 66.7 Å². The van der Waals surface area contributed by atoms with Gasteiger partial charge in [0.25, 0.3) is 11.8 Å². The summed E-state index contributed by atoms with van der Waals surface area (Å²) in [5, 5.41) is 6.71. The van der Waals surface area contributed by atoms with Crippen LogP contribution in [0, 0.1) is 0 Å². The number of halogens is 1. The van der Waals surface area contributed by atoms with Gasteiger partial charge in [-0.3, -0.25) is 9.59 Å². The molecule has 3 aromatic carbocycles. The smallest absolute Gasteiger partial charge is 0.271 e. The Balaban J connectivity index is 1.52. The van der Waals surface area contributed by atoms with Gasteiger partial charge in [-0.1, -0.05) is 40.2 Å². The second kappa shape index (κ2) is 10.9. The highest BCUT2D eigenvalue weighted by Crippen LogP contribution is 2.23. The number of nitrogens with zero attached hydrogens (tertiary/aromatic N) is 1. The average Bonchev–Trinajstić information content (AvgIpc) is 2.79. The van der Waals surface area contributed by atoms with Crippen LogP contribution in [-0.4, -0.2) is 31.7 Å². The largest absolute Gasteiger partial charge is 0.495 e. The lowest BCUT2D eigenvalue weighted by Crippen LogP contribution is -2.20. The van der Waals surface area contributed by atoms with Crippen molar-refractivity contribution in [2.75, 3.05) is 19.0 Å². The number of methoxy groups -OCH3 is 1. The molecule has 0 heterocycles.